The largest absolute Gasteiger partial charge is 0.289 e. The zero-order valence-electron chi connectivity index (χ0n) is 15.6. The first-order valence-corrected chi connectivity index (χ1v) is 11.8. The van der Waals surface area contributed by atoms with Crippen molar-refractivity contribution in [2.75, 3.05) is 0 Å². The van der Waals surface area contributed by atoms with Crippen molar-refractivity contribution in [3.8, 4) is 0 Å². The van der Waals surface area contributed by atoms with Crippen molar-refractivity contribution in [2.45, 2.75) is 19.0 Å². The second-order valence-electron chi connectivity index (χ2n) is 6.84. The third kappa shape index (κ3) is 3.53. The Bertz CT molecular complexity index is 1310. The van der Waals surface area contributed by atoms with Gasteiger partial charge in [0.15, 0.2) is 0 Å². The number of fused-ring (bicyclic) bond motifs is 1. The maximum atomic E-state index is 13.2. The van der Waals surface area contributed by atoms with Crippen LogP contribution in [0.5, 0.6) is 0 Å². The van der Waals surface area contributed by atoms with Gasteiger partial charge in [-0.3, -0.25) is 14.2 Å². The summed E-state index contributed by atoms with van der Waals surface area (Å²) in [6, 6.07) is 13.2. The number of nitrogens with zero attached hydrogens (tertiary/aromatic N) is 4. The smallest absolute Gasteiger partial charge is 0.263 e. The van der Waals surface area contributed by atoms with Gasteiger partial charge in [-0.2, -0.15) is 5.10 Å². The van der Waals surface area contributed by atoms with Crippen molar-refractivity contribution in [2.24, 2.45) is 5.10 Å². The predicted molar refractivity (Wildman–Crippen MR) is 123 cm³/mol. The van der Waals surface area contributed by atoms with E-state index in [0.717, 1.165) is 19.9 Å². The number of thiophene rings is 2. The van der Waals surface area contributed by atoms with Crippen molar-refractivity contribution >= 4 is 61.1 Å². The molecule has 1 atom stereocenters. The van der Waals surface area contributed by atoms with Crippen LogP contribution in [-0.4, -0.2) is 26.2 Å². The number of benzene rings is 1. The molecule has 1 aromatic carbocycles. The Morgan fingerprint density at radius 3 is 2.77 bits per heavy atom. The summed E-state index contributed by atoms with van der Waals surface area (Å²) < 4.78 is 2.14. The van der Waals surface area contributed by atoms with Gasteiger partial charge in [-0.15, -0.1) is 22.7 Å². The number of carbonyl (C=O) groups is 1. The molecule has 1 amide bonds. The van der Waals surface area contributed by atoms with Crippen LogP contribution in [0.1, 0.15) is 22.2 Å². The molecule has 0 unspecified atom stereocenters. The molecule has 9 heteroatoms. The zero-order chi connectivity index (χ0) is 20.7. The Morgan fingerprint density at radius 1 is 1.17 bits per heavy atom. The van der Waals surface area contributed by atoms with E-state index in [9.17, 15) is 9.59 Å². The topological polar surface area (TPSA) is 67.6 Å². The lowest BCUT2D eigenvalue weighted by atomic mass is 10.1. The molecule has 30 heavy (non-hydrogen) atoms. The molecule has 0 saturated carbocycles. The second-order valence-corrected chi connectivity index (χ2v) is 9.68. The molecule has 0 aliphatic carbocycles. The van der Waals surface area contributed by atoms with Gasteiger partial charge in [-0.05, 0) is 41.1 Å². The van der Waals surface area contributed by atoms with E-state index >= 15 is 0 Å². The number of carbonyl (C=O) groups excluding carboxylic acids is 1. The molecule has 0 spiro atoms. The number of amides is 1. The molecule has 1 aliphatic heterocycles. The standard InChI is InChI=1S/C21H15BrN4O2S2/c22-13-5-6-15-14(9-13)21(28)25(12-23-15)11-20(27)26-17(19-4-2-8-30-19)10-16(24-26)18-3-1-7-29-18/h1-9,12,17H,10-11H2/t17-/m0/s1. The molecule has 0 saturated heterocycles. The Labute approximate surface area is 188 Å². The van der Waals surface area contributed by atoms with E-state index in [-0.39, 0.29) is 24.1 Å². The van der Waals surface area contributed by atoms with E-state index < -0.39 is 0 Å². The molecule has 4 aromatic rings. The number of aromatic nitrogens is 2. The molecular weight excluding hydrogens is 484 g/mol. The van der Waals surface area contributed by atoms with E-state index in [2.05, 4.69) is 26.0 Å². The highest BCUT2D eigenvalue weighted by Crippen LogP contribution is 2.36. The van der Waals surface area contributed by atoms with Gasteiger partial charge in [-0.25, -0.2) is 9.99 Å². The first-order chi connectivity index (χ1) is 14.6. The van der Waals surface area contributed by atoms with Crippen molar-refractivity contribution in [1.82, 2.24) is 14.6 Å². The average molecular weight is 499 g/mol. The van der Waals surface area contributed by atoms with Crippen LogP contribution in [0.25, 0.3) is 10.9 Å². The van der Waals surface area contributed by atoms with E-state index in [1.165, 1.54) is 15.9 Å². The average Bonchev–Trinajstić information content (AvgIpc) is 3.50. The van der Waals surface area contributed by atoms with E-state index in [1.807, 2.05) is 41.1 Å². The molecule has 1 aliphatic rings. The monoisotopic (exact) mass is 498 g/mol. The summed E-state index contributed by atoms with van der Waals surface area (Å²) in [5, 5.41) is 10.6. The quantitative estimate of drug-likeness (QED) is 0.410. The Balaban J connectivity index is 1.48. The van der Waals surface area contributed by atoms with Gasteiger partial charge < -0.3 is 0 Å². The second kappa shape index (κ2) is 7.90. The lowest BCUT2D eigenvalue weighted by molar-refractivity contribution is -0.133. The molecule has 0 bridgehead atoms. The summed E-state index contributed by atoms with van der Waals surface area (Å²) >= 11 is 6.60. The Hall–Kier alpha value is -2.62. The van der Waals surface area contributed by atoms with Gasteiger partial charge in [0.1, 0.15) is 6.54 Å². The summed E-state index contributed by atoms with van der Waals surface area (Å²) in [5.41, 5.74) is 1.25. The minimum atomic E-state index is -0.246. The number of hydrogen-bond acceptors (Lipinski definition) is 6. The van der Waals surface area contributed by atoms with Gasteiger partial charge in [0.05, 0.1) is 33.9 Å². The van der Waals surface area contributed by atoms with Crippen LogP contribution in [-0.2, 0) is 11.3 Å². The van der Waals surface area contributed by atoms with Gasteiger partial charge in [0.2, 0.25) is 0 Å². The molecule has 6 nitrogen and oxygen atoms in total. The maximum Gasteiger partial charge on any atom is 0.263 e. The SMILES string of the molecule is O=C(Cn1cnc2ccc(Br)cc2c1=O)N1N=C(c2cccs2)C[C@H]1c1cccs1. The minimum Gasteiger partial charge on any atom is -0.289 e. The number of hydrogen-bond donors (Lipinski definition) is 0. The summed E-state index contributed by atoms with van der Waals surface area (Å²) in [4.78, 5) is 32.6. The van der Waals surface area contributed by atoms with Crippen molar-refractivity contribution in [1.29, 1.82) is 0 Å². The lowest BCUT2D eigenvalue weighted by Gasteiger charge is -2.21. The Kier molecular flexibility index (Phi) is 5.10. The lowest BCUT2D eigenvalue weighted by Crippen LogP contribution is -2.33. The molecule has 0 N–H and O–H groups in total. The highest BCUT2D eigenvalue weighted by Gasteiger charge is 2.34. The van der Waals surface area contributed by atoms with Gasteiger partial charge in [0, 0.05) is 15.8 Å². The molecule has 150 valence electrons. The first-order valence-electron chi connectivity index (χ1n) is 9.21. The predicted octanol–water partition coefficient (Wildman–Crippen LogP) is 4.66. The van der Waals surface area contributed by atoms with Gasteiger partial charge in [0.25, 0.3) is 11.5 Å². The first kappa shape index (κ1) is 19.3. The van der Waals surface area contributed by atoms with Gasteiger partial charge >= 0.3 is 0 Å². The maximum absolute atomic E-state index is 13.2. The fourth-order valence-electron chi connectivity index (χ4n) is 3.50. The molecule has 5 rings (SSSR count). The molecule has 4 heterocycles. The third-order valence-corrected chi connectivity index (χ3v) is 7.32. The van der Waals surface area contributed by atoms with E-state index in [1.54, 1.807) is 34.8 Å². The van der Waals surface area contributed by atoms with Gasteiger partial charge in [-0.1, -0.05) is 28.1 Å². The number of rotatable bonds is 4. The fraction of sp³-hybridized carbons (Fsp3) is 0.143. The Morgan fingerprint density at radius 2 is 2.00 bits per heavy atom. The third-order valence-electron chi connectivity index (χ3n) is 4.93. The van der Waals surface area contributed by atoms with Crippen LogP contribution >= 0.6 is 38.6 Å². The van der Waals surface area contributed by atoms with Crippen LogP contribution in [0, 0.1) is 0 Å². The molecule has 0 radical (unpaired) electrons. The van der Waals surface area contributed by atoms with Crippen LogP contribution in [0.2, 0.25) is 0 Å². The zero-order valence-corrected chi connectivity index (χ0v) is 18.8. The van der Waals surface area contributed by atoms with Crippen molar-refractivity contribution in [3.05, 3.63) is 84.1 Å². The summed E-state index contributed by atoms with van der Waals surface area (Å²) in [5.74, 6) is -0.238. The highest BCUT2D eigenvalue weighted by molar-refractivity contribution is 9.10. The minimum absolute atomic E-state index is 0.114. The highest BCUT2D eigenvalue weighted by atomic mass is 79.9. The summed E-state index contributed by atoms with van der Waals surface area (Å²) in [6.45, 7) is -0.114. The summed E-state index contributed by atoms with van der Waals surface area (Å²) in [7, 11) is 0. The number of hydrazone groups is 1. The van der Waals surface area contributed by atoms with Crippen molar-refractivity contribution in [3.63, 3.8) is 0 Å². The summed E-state index contributed by atoms with van der Waals surface area (Å²) in [6.07, 6.45) is 2.08. The van der Waals surface area contributed by atoms with E-state index in [4.69, 9.17) is 0 Å². The fourth-order valence-corrected chi connectivity index (χ4v) is 5.39. The van der Waals surface area contributed by atoms with E-state index in [0.29, 0.717) is 17.3 Å². The van der Waals surface area contributed by atoms with Crippen LogP contribution in [0.4, 0.5) is 0 Å². The molecule has 0 fully saturated rings. The van der Waals surface area contributed by atoms with Crippen LogP contribution < -0.4 is 5.56 Å². The molecular formula is C21H15BrN4O2S2. The van der Waals surface area contributed by atoms with Crippen LogP contribution in [0.3, 0.4) is 0 Å². The van der Waals surface area contributed by atoms with Crippen molar-refractivity contribution < 1.29 is 4.79 Å². The molecule has 3 aromatic heterocycles. The normalized spacial score (nSPS) is 16.2. The number of halogens is 1. The van der Waals surface area contributed by atoms with Crippen LogP contribution in [0.15, 0.2) is 73.9 Å².